The van der Waals surface area contributed by atoms with Crippen LogP contribution in [0.25, 0.3) is 22.6 Å². The Morgan fingerprint density at radius 3 is 2.34 bits per heavy atom. The second kappa shape index (κ2) is 13.8. The van der Waals surface area contributed by atoms with Gasteiger partial charge in [-0.3, -0.25) is 29.5 Å². The fourth-order valence-electron chi connectivity index (χ4n) is 10.3. The van der Waals surface area contributed by atoms with Crippen LogP contribution in [-0.2, 0) is 31.0 Å². The highest BCUT2D eigenvalue weighted by Gasteiger charge is 2.70. The normalized spacial score (nSPS) is 24.8. The first-order valence-electron chi connectivity index (χ1n) is 19.9. The van der Waals surface area contributed by atoms with Gasteiger partial charge in [0, 0.05) is 17.0 Å². The molecule has 10 rings (SSSR count). The summed E-state index contributed by atoms with van der Waals surface area (Å²) in [5.41, 5.74) is 8.23. The van der Waals surface area contributed by atoms with Crippen molar-refractivity contribution in [2.24, 2.45) is 23.7 Å². The summed E-state index contributed by atoms with van der Waals surface area (Å²) in [5.74, 6) is -4.97. The Hall–Kier alpha value is -7.07. The van der Waals surface area contributed by atoms with Crippen molar-refractivity contribution < 1.29 is 28.7 Å². The van der Waals surface area contributed by atoms with E-state index in [0.717, 1.165) is 21.7 Å². The first-order valence-corrected chi connectivity index (χ1v) is 19.9. The Kier molecular flexibility index (Phi) is 8.48. The minimum atomic E-state index is -1.50. The second-order valence-corrected chi connectivity index (χ2v) is 16.0. The Morgan fingerprint density at radius 1 is 0.847 bits per heavy atom. The highest BCUT2D eigenvalue weighted by molar-refractivity contribution is 6.22. The number of hydrogen-bond acceptors (Lipinski definition) is 8. The number of benzene rings is 5. The van der Waals surface area contributed by atoms with E-state index in [1.54, 1.807) is 30.3 Å². The fraction of sp³-hybridized carbons (Fsp3) is 0.204. The fourth-order valence-corrected chi connectivity index (χ4v) is 10.3. The van der Waals surface area contributed by atoms with Crippen LogP contribution in [0.2, 0.25) is 0 Å². The summed E-state index contributed by atoms with van der Waals surface area (Å²) >= 11 is 0. The highest BCUT2D eigenvalue weighted by Crippen LogP contribution is 2.65. The van der Waals surface area contributed by atoms with Crippen LogP contribution in [0.3, 0.4) is 0 Å². The molecule has 0 radical (unpaired) electrons. The van der Waals surface area contributed by atoms with Gasteiger partial charge in [0.2, 0.25) is 17.7 Å². The van der Waals surface area contributed by atoms with Crippen molar-refractivity contribution in [1.82, 2.24) is 9.99 Å². The molecule has 6 atom stereocenters. The summed E-state index contributed by atoms with van der Waals surface area (Å²) < 4.78 is 5.96. The van der Waals surface area contributed by atoms with E-state index in [1.807, 2.05) is 110 Å². The van der Waals surface area contributed by atoms with Gasteiger partial charge in [0.15, 0.2) is 5.58 Å². The zero-order chi connectivity index (χ0) is 40.6. The van der Waals surface area contributed by atoms with Gasteiger partial charge in [-0.1, -0.05) is 96.1 Å². The third-order valence-electron chi connectivity index (χ3n) is 12.9. The molecule has 6 unspecified atom stereocenters. The topological polar surface area (TPSA) is 133 Å². The molecule has 0 spiro atoms. The molecule has 0 bridgehead atoms. The average molecular weight is 781 g/mol. The molecule has 10 heteroatoms. The van der Waals surface area contributed by atoms with E-state index in [9.17, 15) is 14.7 Å². The van der Waals surface area contributed by atoms with Crippen molar-refractivity contribution in [1.29, 1.82) is 0 Å². The number of phenolic OH excluding ortho intramolecular Hbond substituents is 1. The maximum atomic E-state index is 15.5. The monoisotopic (exact) mass is 780 g/mol. The van der Waals surface area contributed by atoms with Crippen LogP contribution >= 0.6 is 0 Å². The molecule has 2 N–H and O–H groups in total. The number of phenols is 1. The number of para-hydroxylation sites is 3. The van der Waals surface area contributed by atoms with E-state index in [4.69, 9.17) is 4.42 Å². The maximum Gasteiger partial charge on any atom is 0.260 e. The minimum absolute atomic E-state index is 0.00908. The number of fused-ring (bicyclic) bond motifs is 5. The summed E-state index contributed by atoms with van der Waals surface area (Å²) in [6.45, 7) is 5.85. The van der Waals surface area contributed by atoms with Gasteiger partial charge < -0.3 is 9.52 Å². The van der Waals surface area contributed by atoms with E-state index in [0.29, 0.717) is 51.5 Å². The molecule has 4 aliphatic rings. The molecule has 2 saturated heterocycles. The van der Waals surface area contributed by atoms with Gasteiger partial charge in [0.05, 0.1) is 34.5 Å². The van der Waals surface area contributed by atoms with Crippen molar-refractivity contribution in [2.75, 3.05) is 10.3 Å². The molecule has 2 aliphatic carbocycles. The van der Waals surface area contributed by atoms with Gasteiger partial charge in [0.25, 0.3) is 11.8 Å². The van der Waals surface area contributed by atoms with Gasteiger partial charge in [0.1, 0.15) is 11.3 Å². The second-order valence-electron chi connectivity index (χ2n) is 16.0. The number of carbonyl (C=O) groups excluding carboxylic acids is 4. The molecule has 10 nitrogen and oxygen atoms in total. The van der Waals surface area contributed by atoms with Crippen LogP contribution in [0.5, 0.6) is 5.75 Å². The number of hydrazine groups is 1. The molecule has 59 heavy (non-hydrogen) atoms. The van der Waals surface area contributed by atoms with Gasteiger partial charge in [-0.15, -0.1) is 6.58 Å². The SMILES string of the molecule is C=CCc1cccc(C2C3=CCC4C(=O)N(c5ccc(-c6nc7ccccc7o6)cc5)C(=O)C4C3CC3C(=O)N(Nc4ccc(C)cc4)C(=O)C32c2ccccc2)c1O. The first kappa shape index (κ1) is 36.3. The quantitative estimate of drug-likeness (QED) is 0.116. The van der Waals surface area contributed by atoms with Crippen LogP contribution in [0.1, 0.15) is 41.0 Å². The van der Waals surface area contributed by atoms with Crippen LogP contribution in [0.4, 0.5) is 11.4 Å². The number of rotatable bonds is 8. The number of imide groups is 2. The predicted molar refractivity (Wildman–Crippen MR) is 223 cm³/mol. The molecule has 4 amide bonds. The van der Waals surface area contributed by atoms with Gasteiger partial charge in [-0.2, -0.15) is 5.01 Å². The number of carbonyl (C=O) groups is 4. The molecule has 292 valence electrons. The number of aryl methyl sites for hydroxylation is 1. The van der Waals surface area contributed by atoms with E-state index in [-0.39, 0.29) is 30.4 Å². The van der Waals surface area contributed by atoms with E-state index in [2.05, 4.69) is 17.0 Å². The van der Waals surface area contributed by atoms with Crippen LogP contribution < -0.4 is 10.3 Å². The number of hydrogen-bond donors (Lipinski definition) is 2. The van der Waals surface area contributed by atoms with Gasteiger partial charge in [-0.25, -0.2) is 4.98 Å². The van der Waals surface area contributed by atoms with Crippen LogP contribution in [0.15, 0.2) is 150 Å². The summed E-state index contributed by atoms with van der Waals surface area (Å²) in [7, 11) is 0. The molecule has 5 aromatic carbocycles. The number of allylic oxidation sites excluding steroid dienone is 3. The Labute approximate surface area is 340 Å². The Morgan fingerprint density at radius 2 is 1.59 bits per heavy atom. The van der Waals surface area contributed by atoms with Crippen molar-refractivity contribution in [3.63, 3.8) is 0 Å². The third kappa shape index (κ3) is 5.42. The maximum absolute atomic E-state index is 15.5. The lowest BCUT2D eigenvalue weighted by Crippen LogP contribution is -2.53. The summed E-state index contributed by atoms with van der Waals surface area (Å²) in [4.78, 5) is 65.6. The van der Waals surface area contributed by atoms with E-state index >= 15 is 9.59 Å². The number of aromatic nitrogens is 1. The zero-order valence-electron chi connectivity index (χ0n) is 32.2. The minimum Gasteiger partial charge on any atom is -0.507 e. The van der Waals surface area contributed by atoms with Crippen molar-refractivity contribution in [3.05, 3.63) is 168 Å². The number of anilines is 2. The molecule has 1 saturated carbocycles. The number of oxazole rings is 1. The number of aromatic hydroxyl groups is 1. The molecular formula is C49H40N4O6. The smallest absolute Gasteiger partial charge is 0.260 e. The molecule has 6 aromatic rings. The van der Waals surface area contributed by atoms with Crippen molar-refractivity contribution >= 4 is 46.1 Å². The predicted octanol–water partition coefficient (Wildman–Crippen LogP) is 8.43. The summed E-state index contributed by atoms with van der Waals surface area (Å²) in [6, 6.07) is 36.7. The lowest BCUT2D eigenvalue weighted by atomic mass is 9.49. The summed E-state index contributed by atoms with van der Waals surface area (Å²) in [6.07, 6.45) is 4.48. The largest absolute Gasteiger partial charge is 0.507 e. The molecule has 3 fully saturated rings. The third-order valence-corrected chi connectivity index (χ3v) is 12.9. The Balaban J connectivity index is 1.09. The number of nitrogens with one attached hydrogen (secondary N) is 1. The van der Waals surface area contributed by atoms with Gasteiger partial charge >= 0.3 is 0 Å². The molecular weight excluding hydrogens is 741 g/mol. The lowest BCUT2D eigenvalue weighted by Gasteiger charge is -2.50. The van der Waals surface area contributed by atoms with Gasteiger partial charge in [-0.05, 0) is 91.8 Å². The highest BCUT2D eigenvalue weighted by atomic mass is 16.3. The van der Waals surface area contributed by atoms with Crippen LogP contribution in [0, 0.1) is 30.6 Å². The van der Waals surface area contributed by atoms with Crippen molar-refractivity contribution in [3.8, 4) is 17.2 Å². The number of amides is 4. The molecule has 3 heterocycles. The first-order chi connectivity index (χ1) is 28.7. The molecule has 2 aliphatic heterocycles. The number of nitrogens with zero attached hydrogens (tertiary/aromatic N) is 3. The van der Waals surface area contributed by atoms with E-state index in [1.165, 1.54) is 4.90 Å². The van der Waals surface area contributed by atoms with Crippen molar-refractivity contribution in [2.45, 2.75) is 37.5 Å². The Bertz CT molecular complexity index is 2710. The standard InChI is InChI=1S/C49H40N4O6/c1-3-10-29-11-9-14-36(43(29)54)42-34-25-26-35-41(47(57)52(45(35)55)33-23-19-30(20-24-33)44-50-39-15-7-8-16-40(39)59-44)37(34)27-38-46(56)53(51-32-21-17-28(2)18-22-32)48(58)49(38,42)31-12-5-4-6-13-31/h3-9,11-25,35,37-38,41-42,51,54H,1,10,26-27H2,2H3. The molecule has 1 aromatic heterocycles. The zero-order valence-corrected chi connectivity index (χ0v) is 32.2. The lowest BCUT2D eigenvalue weighted by molar-refractivity contribution is -0.138. The summed E-state index contributed by atoms with van der Waals surface area (Å²) in [5, 5.41) is 13.2. The average Bonchev–Trinajstić information content (AvgIpc) is 3.87. The van der Waals surface area contributed by atoms with E-state index < -0.39 is 46.8 Å². The van der Waals surface area contributed by atoms with Crippen LogP contribution in [-0.4, -0.2) is 38.7 Å².